The number of ether oxygens (including phenoxy) is 2. The summed E-state index contributed by atoms with van der Waals surface area (Å²) in [6.45, 7) is 3.93. The second-order valence-electron chi connectivity index (χ2n) is 8.49. The summed E-state index contributed by atoms with van der Waals surface area (Å²) < 4.78 is 25.1. The van der Waals surface area contributed by atoms with Gasteiger partial charge in [0, 0.05) is 5.69 Å². The lowest BCUT2D eigenvalue weighted by Crippen LogP contribution is -2.27. The summed E-state index contributed by atoms with van der Waals surface area (Å²) in [4.78, 5) is 27.2. The van der Waals surface area contributed by atoms with Gasteiger partial charge in [-0.3, -0.25) is 14.5 Å². The number of amides is 2. The number of rotatable bonds is 8. The van der Waals surface area contributed by atoms with Gasteiger partial charge in [-0.2, -0.15) is 0 Å². The van der Waals surface area contributed by atoms with Gasteiger partial charge in [0.15, 0.2) is 22.4 Å². The van der Waals surface area contributed by atoms with Crippen LogP contribution in [0.3, 0.4) is 0 Å². The van der Waals surface area contributed by atoms with E-state index in [2.05, 4.69) is 19.2 Å². The number of anilines is 2. The van der Waals surface area contributed by atoms with Gasteiger partial charge in [0.25, 0.3) is 11.8 Å². The van der Waals surface area contributed by atoms with Crippen molar-refractivity contribution >= 4 is 57.6 Å². The molecular weight excluding hydrogens is 511 g/mol. The van der Waals surface area contributed by atoms with Crippen LogP contribution in [0.1, 0.15) is 30.9 Å². The maximum Gasteiger partial charge on any atom is 0.270 e. The number of para-hydroxylation sites is 1. The molecule has 2 amide bonds. The molecular formula is C28H25FN2O4S2. The SMILES string of the molecule is COc1cc(/C=C2/SC(=S)N(c3cccc(F)c3)C2=O)ccc1OCC(=O)Nc1ccccc1C(C)C. The Bertz CT molecular complexity index is 1390. The van der Waals surface area contributed by atoms with Crippen molar-refractivity contribution in [3.05, 3.63) is 88.6 Å². The van der Waals surface area contributed by atoms with Crippen molar-refractivity contribution in [2.24, 2.45) is 0 Å². The second kappa shape index (κ2) is 11.6. The molecule has 37 heavy (non-hydrogen) atoms. The number of hydrogen-bond acceptors (Lipinski definition) is 6. The summed E-state index contributed by atoms with van der Waals surface area (Å²) in [7, 11) is 1.49. The van der Waals surface area contributed by atoms with Crippen LogP contribution in [0.5, 0.6) is 11.5 Å². The maximum atomic E-state index is 13.7. The first kappa shape index (κ1) is 26.4. The Balaban J connectivity index is 1.45. The molecule has 4 rings (SSSR count). The van der Waals surface area contributed by atoms with Crippen LogP contribution in [0.4, 0.5) is 15.8 Å². The molecule has 0 saturated carbocycles. The number of nitrogens with one attached hydrogen (secondary N) is 1. The van der Waals surface area contributed by atoms with Crippen molar-refractivity contribution in [2.45, 2.75) is 19.8 Å². The molecule has 1 aliphatic rings. The number of methoxy groups -OCH3 is 1. The van der Waals surface area contributed by atoms with Crippen LogP contribution in [0.2, 0.25) is 0 Å². The van der Waals surface area contributed by atoms with Crippen molar-refractivity contribution in [3.8, 4) is 11.5 Å². The van der Waals surface area contributed by atoms with Gasteiger partial charge in [-0.15, -0.1) is 0 Å². The molecule has 1 heterocycles. The van der Waals surface area contributed by atoms with Crippen molar-refractivity contribution < 1.29 is 23.5 Å². The van der Waals surface area contributed by atoms with Crippen molar-refractivity contribution in [2.75, 3.05) is 23.9 Å². The first-order valence-electron chi connectivity index (χ1n) is 11.5. The second-order valence-corrected chi connectivity index (χ2v) is 10.2. The van der Waals surface area contributed by atoms with E-state index < -0.39 is 5.82 Å². The summed E-state index contributed by atoms with van der Waals surface area (Å²) >= 11 is 6.49. The number of thiocarbonyl (C=S) groups is 1. The van der Waals surface area contributed by atoms with Crippen LogP contribution >= 0.6 is 24.0 Å². The summed E-state index contributed by atoms with van der Waals surface area (Å²) in [5, 5.41) is 2.89. The van der Waals surface area contributed by atoms with E-state index in [0.717, 1.165) is 23.0 Å². The van der Waals surface area contributed by atoms with Crippen LogP contribution in [0, 0.1) is 5.82 Å². The lowest BCUT2D eigenvalue weighted by Gasteiger charge is -2.15. The van der Waals surface area contributed by atoms with Gasteiger partial charge in [-0.05, 0) is 59.5 Å². The number of halogens is 1. The van der Waals surface area contributed by atoms with Gasteiger partial charge in [0.2, 0.25) is 0 Å². The Morgan fingerprint density at radius 2 is 1.89 bits per heavy atom. The summed E-state index contributed by atoms with van der Waals surface area (Å²) in [6.07, 6.45) is 1.68. The van der Waals surface area contributed by atoms with Crippen LogP contribution in [0.15, 0.2) is 71.6 Å². The fraction of sp³-hybridized carbons (Fsp3) is 0.179. The van der Waals surface area contributed by atoms with Crippen molar-refractivity contribution in [1.82, 2.24) is 0 Å². The van der Waals surface area contributed by atoms with Crippen LogP contribution < -0.4 is 19.7 Å². The number of nitrogens with zero attached hydrogens (tertiary/aromatic N) is 1. The topological polar surface area (TPSA) is 67.9 Å². The van der Waals surface area contributed by atoms with Gasteiger partial charge < -0.3 is 14.8 Å². The predicted octanol–water partition coefficient (Wildman–Crippen LogP) is 6.38. The minimum atomic E-state index is -0.450. The number of thioether (sulfide) groups is 1. The van der Waals surface area contributed by atoms with Crippen LogP contribution in [0.25, 0.3) is 6.08 Å². The van der Waals surface area contributed by atoms with E-state index in [1.165, 1.54) is 30.2 Å². The molecule has 1 fully saturated rings. The van der Waals surface area contributed by atoms with E-state index in [-0.39, 0.29) is 24.3 Å². The van der Waals surface area contributed by atoms with Gasteiger partial charge in [0.1, 0.15) is 5.82 Å². The minimum Gasteiger partial charge on any atom is -0.493 e. The van der Waals surface area contributed by atoms with Crippen LogP contribution in [-0.2, 0) is 9.59 Å². The monoisotopic (exact) mass is 536 g/mol. The highest BCUT2D eigenvalue weighted by molar-refractivity contribution is 8.27. The Kier molecular flexibility index (Phi) is 8.25. The summed E-state index contributed by atoms with van der Waals surface area (Å²) in [5.74, 6) is -0.0180. The Labute approximate surface area is 224 Å². The van der Waals surface area contributed by atoms with Gasteiger partial charge in [-0.1, -0.05) is 68.2 Å². The normalized spacial score (nSPS) is 14.4. The molecule has 0 radical (unpaired) electrons. The van der Waals surface area contributed by atoms with E-state index in [1.807, 2.05) is 24.3 Å². The lowest BCUT2D eigenvalue weighted by atomic mass is 10.0. The zero-order valence-electron chi connectivity index (χ0n) is 20.5. The molecule has 3 aromatic rings. The molecule has 0 atom stereocenters. The molecule has 190 valence electrons. The summed E-state index contributed by atoms with van der Waals surface area (Å²) in [5.41, 5.74) is 2.85. The third-order valence-electron chi connectivity index (χ3n) is 5.56. The number of hydrogen-bond donors (Lipinski definition) is 1. The molecule has 0 aromatic heterocycles. The quantitative estimate of drug-likeness (QED) is 0.266. The standard InChI is InChI=1S/C28H25FN2O4S2/c1-17(2)21-9-4-5-10-22(21)30-26(32)16-35-23-12-11-18(13-24(23)34-3)14-25-27(33)31(28(36)37-25)20-8-6-7-19(29)15-20/h4-15,17H,16H2,1-3H3,(H,30,32)/b25-14+. The Hall–Kier alpha value is -3.69. The first-order valence-corrected chi connectivity index (χ1v) is 12.7. The average Bonchev–Trinajstić information content (AvgIpc) is 3.15. The molecule has 1 N–H and O–H groups in total. The van der Waals surface area contributed by atoms with Gasteiger partial charge in [-0.25, -0.2) is 4.39 Å². The van der Waals surface area contributed by atoms with Gasteiger partial charge >= 0.3 is 0 Å². The van der Waals surface area contributed by atoms with E-state index in [0.29, 0.717) is 32.0 Å². The number of carbonyl (C=O) groups is 2. The molecule has 0 aliphatic carbocycles. The number of carbonyl (C=O) groups excluding carboxylic acids is 2. The van der Waals surface area contributed by atoms with E-state index in [1.54, 1.807) is 30.3 Å². The molecule has 3 aromatic carbocycles. The van der Waals surface area contributed by atoms with E-state index >= 15 is 0 Å². The average molecular weight is 537 g/mol. The van der Waals surface area contributed by atoms with Crippen molar-refractivity contribution in [1.29, 1.82) is 0 Å². The highest BCUT2D eigenvalue weighted by atomic mass is 32.2. The highest BCUT2D eigenvalue weighted by Gasteiger charge is 2.33. The highest BCUT2D eigenvalue weighted by Crippen LogP contribution is 2.37. The summed E-state index contributed by atoms with van der Waals surface area (Å²) in [6, 6.07) is 18.5. The lowest BCUT2D eigenvalue weighted by molar-refractivity contribution is -0.118. The molecule has 0 spiro atoms. The smallest absolute Gasteiger partial charge is 0.270 e. The van der Waals surface area contributed by atoms with Crippen molar-refractivity contribution in [3.63, 3.8) is 0 Å². The minimum absolute atomic E-state index is 0.200. The third-order valence-corrected chi connectivity index (χ3v) is 6.86. The van der Waals surface area contributed by atoms with Gasteiger partial charge in [0.05, 0.1) is 17.7 Å². The molecule has 0 unspecified atom stereocenters. The fourth-order valence-electron chi connectivity index (χ4n) is 3.79. The predicted molar refractivity (Wildman–Crippen MR) is 150 cm³/mol. The molecule has 6 nitrogen and oxygen atoms in total. The Morgan fingerprint density at radius 3 is 2.62 bits per heavy atom. The first-order chi connectivity index (χ1) is 17.8. The molecule has 1 aliphatic heterocycles. The molecule has 9 heteroatoms. The zero-order chi connectivity index (χ0) is 26.5. The molecule has 1 saturated heterocycles. The fourth-order valence-corrected chi connectivity index (χ4v) is 5.09. The number of benzene rings is 3. The van der Waals surface area contributed by atoms with E-state index in [9.17, 15) is 14.0 Å². The molecule has 0 bridgehead atoms. The Morgan fingerprint density at radius 1 is 1.11 bits per heavy atom. The van der Waals surface area contributed by atoms with Crippen LogP contribution in [-0.4, -0.2) is 29.9 Å². The van der Waals surface area contributed by atoms with E-state index in [4.69, 9.17) is 21.7 Å². The third kappa shape index (κ3) is 6.18. The maximum absolute atomic E-state index is 13.7. The largest absolute Gasteiger partial charge is 0.493 e. The zero-order valence-corrected chi connectivity index (χ0v) is 22.1.